The van der Waals surface area contributed by atoms with Crippen LogP contribution in [-0.4, -0.2) is 77.3 Å². The number of carbonyl (C=O) groups excluding carboxylic acids is 7. The first-order valence-corrected chi connectivity index (χ1v) is 19.1. The Morgan fingerprint density at radius 2 is 0.867 bits per heavy atom. The van der Waals surface area contributed by atoms with Gasteiger partial charge in [-0.15, -0.1) is 0 Å². The van der Waals surface area contributed by atoms with Gasteiger partial charge < -0.3 is 35.9 Å². The molecule has 0 aliphatic heterocycles. The number of hydrogen-bond donors (Lipinski definition) is 8. The van der Waals surface area contributed by atoms with Crippen LogP contribution in [0.1, 0.15) is 72.1 Å². The van der Waals surface area contributed by atoms with Gasteiger partial charge in [0.15, 0.2) is 0 Å². The lowest BCUT2D eigenvalue weighted by Gasteiger charge is -2.22. The summed E-state index contributed by atoms with van der Waals surface area (Å²) >= 11 is 0. The van der Waals surface area contributed by atoms with Crippen LogP contribution < -0.4 is 43.4 Å². The van der Waals surface area contributed by atoms with Crippen molar-refractivity contribution in [1.82, 2.24) is 37.7 Å². The van der Waals surface area contributed by atoms with Crippen molar-refractivity contribution in [1.29, 1.82) is 0 Å². The molecule has 326 valence electrons. The van der Waals surface area contributed by atoms with Crippen molar-refractivity contribution in [3.63, 3.8) is 0 Å². The van der Waals surface area contributed by atoms with Gasteiger partial charge in [0.1, 0.15) is 35.9 Å². The second kappa shape index (κ2) is 24.3. The van der Waals surface area contributed by atoms with E-state index in [1.54, 1.807) is 41.5 Å². The first-order chi connectivity index (χ1) is 28.1. The summed E-state index contributed by atoms with van der Waals surface area (Å²) in [7, 11) is 0. The summed E-state index contributed by atoms with van der Waals surface area (Å²) in [4.78, 5) is 84.7. The number of benzene rings is 3. The quantitative estimate of drug-likeness (QED) is 0.0917. The van der Waals surface area contributed by atoms with E-state index in [4.69, 9.17) is 19.9 Å². The molecule has 4 atom stereocenters. The van der Waals surface area contributed by atoms with Crippen molar-refractivity contribution >= 4 is 41.9 Å². The minimum atomic E-state index is -1.03. The van der Waals surface area contributed by atoms with Gasteiger partial charge in [-0.05, 0) is 78.5 Å². The number of nitrogens with one attached hydrogen (secondary N) is 7. The van der Waals surface area contributed by atoms with E-state index in [1.807, 2.05) is 91.0 Å². The van der Waals surface area contributed by atoms with Gasteiger partial charge in [0.05, 0.1) is 6.04 Å². The Balaban J connectivity index is 0.000000438. The van der Waals surface area contributed by atoms with Crippen molar-refractivity contribution in [2.45, 2.75) is 110 Å². The number of amides is 7. The van der Waals surface area contributed by atoms with E-state index in [2.05, 4.69) is 37.7 Å². The lowest BCUT2D eigenvalue weighted by molar-refractivity contribution is -0.130. The number of ether oxygens (including phenoxy) is 3. The molecule has 3 aromatic rings. The summed E-state index contributed by atoms with van der Waals surface area (Å²) in [6, 6.07) is 23.8. The molecule has 3 rings (SSSR count). The molecule has 0 aliphatic carbocycles. The molecule has 0 fully saturated rings. The molecule has 0 radical (unpaired) electrons. The molecule has 0 spiro atoms. The van der Waals surface area contributed by atoms with Gasteiger partial charge >= 0.3 is 18.3 Å². The number of nitrogens with two attached hydrogens (primary N) is 1. The van der Waals surface area contributed by atoms with E-state index in [0.717, 1.165) is 16.7 Å². The van der Waals surface area contributed by atoms with E-state index in [0.29, 0.717) is 6.42 Å². The van der Waals surface area contributed by atoms with Crippen LogP contribution in [0.2, 0.25) is 0 Å². The first kappa shape index (κ1) is 49.5. The maximum atomic E-state index is 12.8. The van der Waals surface area contributed by atoms with Gasteiger partial charge in [-0.1, -0.05) is 91.0 Å². The minimum Gasteiger partial charge on any atom is -0.445 e. The van der Waals surface area contributed by atoms with Gasteiger partial charge in [0.25, 0.3) is 23.6 Å². The van der Waals surface area contributed by atoms with Gasteiger partial charge in [0, 0.05) is 6.42 Å². The van der Waals surface area contributed by atoms with Crippen LogP contribution in [0.25, 0.3) is 0 Å². The van der Waals surface area contributed by atoms with Crippen LogP contribution in [0, 0.1) is 0 Å². The molecule has 0 unspecified atom stereocenters. The molecular formula is C42H58N8O10. The lowest BCUT2D eigenvalue weighted by atomic mass is 10.1. The fourth-order valence-electron chi connectivity index (χ4n) is 4.67. The lowest BCUT2D eigenvalue weighted by Crippen LogP contribution is -2.56. The molecule has 0 aliphatic rings. The SMILES string of the molecule is C[C@H](NC(=O)OC(C)(C)C)C(=O)NNC(=O)[C@@H](N)Cc1ccccc1.C[C@H](NC(=O)OC(C)(C)C)C(=O)NNC(=O)[C@H](Cc1ccccc1)NC(=O)OCc1ccccc1. The summed E-state index contributed by atoms with van der Waals surface area (Å²) in [5, 5.41) is 7.28. The van der Waals surface area contributed by atoms with E-state index in [1.165, 1.54) is 13.8 Å². The Labute approximate surface area is 350 Å². The molecular weight excluding hydrogens is 777 g/mol. The van der Waals surface area contributed by atoms with E-state index in [9.17, 15) is 33.6 Å². The van der Waals surface area contributed by atoms with Crippen LogP contribution in [-0.2, 0) is 52.8 Å². The zero-order chi connectivity index (χ0) is 44.9. The number of alkyl carbamates (subject to hydrolysis) is 3. The van der Waals surface area contributed by atoms with Crippen LogP contribution >= 0.6 is 0 Å². The van der Waals surface area contributed by atoms with E-state index < -0.39 is 77.3 Å². The smallest absolute Gasteiger partial charge is 0.408 e. The molecule has 0 saturated carbocycles. The fourth-order valence-corrected chi connectivity index (χ4v) is 4.67. The van der Waals surface area contributed by atoms with Crippen molar-refractivity contribution in [3.8, 4) is 0 Å². The van der Waals surface area contributed by atoms with Gasteiger partial charge in [0.2, 0.25) is 0 Å². The van der Waals surface area contributed by atoms with Gasteiger partial charge in [-0.3, -0.25) is 40.9 Å². The highest BCUT2D eigenvalue weighted by Crippen LogP contribution is 2.09. The second-order valence-electron chi connectivity index (χ2n) is 15.4. The standard InChI is InChI=1S/C25H32N4O6.C17H26N4O4/c1-17(26-24(33)35-25(2,3)4)21(30)28-29-22(31)20(15-18-11-7-5-8-12-18)27-23(32)34-16-19-13-9-6-10-14-19;1-11(19-16(24)25-17(2,3)4)14(22)20-21-15(23)13(18)10-12-8-6-5-7-9-12/h5-14,17,20H,15-16H2,1-4H3,(H,26,33)(H,27,32)(H,28,30)(H,29,31);5-9,11,13H,10,18H2,1-4H3,(H,19,24)(H,20,22)(H,21,23)/t17-,20-;11-,13-/m00/s1. The molecule has 18 nitrogen and oxygen atoms in total. The third-order valence-electron chi connectivity index (χ3n) is 7.61. The van der Waals surface area contributed by atoms with Gasteiger partial charge in [-0.25, -0.2) is 14.4 Å². The molecule has 0 aromatic heterocycles. The Morgan fingerprint density at radius 1 is 0.500 bits per heavy atom. The minimum absolute atomic E-state index is 0.0386. The normalized spacial score (nSPS) is 12.8. The average molecular weight is 835 g/mol. The summed E-state index contributed by atoms with van der Waals surface area (Å²) in [5.41, 5.74) is 15.9. The molecule has 7 amide bonds. The van der Waals surface area contributed by atoms with E-state index in [-0.39, 0.29) is 13.0 Å². The van der Waals surface area contributed by atoms with Crippen LogP contribution in [0.15, 0.2) is 91.0 Å². The van der Waals surface area contributed by atoms with Crippen LogP contribution in [0.4, 0.5) is 14.4 Å². The monoisotopic (exact) mass is 834 g/mol. The molecule has 60 heavy (non-hydrogen) atoms. The Bertz CT molecular complexity index is 1850. The highest BCUT2D eigenvalue weighted by molar-refractivity contribution is 5.91. The van der Waals surface area contributed by atoms with Gasteiger partial charge in [-0.2, -0.15) is 0 Å². The third-order valence-corrected chi connectivity index (χ3v) is 7.61. The zero-order valence-corrected chi connectivity index (χ0v) is 35.3. The summed E-state index contributed by atoms with van der Waals surface area (Å²) < 4.78 is 15.4. The molecule has 9 N–H and O–H groups in total. The second-order valence-corrected chi connectivity index (χ2v) is 15.4. The predicted molar refractivity (Wildman–Crippen MR) is 222 cm³/mol. The average Bonchev–Trinajstić information content (AvgIpc) is 3.17. The fraction of sp³-hybridized carbons (Fsp3) is 0.405. The van der Waals surface area contributed by atoms with Crippen molar-refractivity contribution in [3.05, 3.63) is 108 Å². The topological polar surface area (TPSA) is 257 Å². The third kappa shape index (κ3) is 21.2. The number of hydrazine groups is 2. The highest BCUT2D eigenvalue weighted by Gasteiger charge is 2.26. The zero-order valence-electron chi connectivity index (χ0n) is 35.3. The number of carbonyl (C=O) groups is 7. The summed E-state index contributed by atoms with van der Waals surface area (Å²) in [5.74, 6) is -2.45. The summed E-state index contributed by atoms with van der Waals surface area (Å²) in [6.45, 7) is 13.2. The Kier molecular flexibility index (Phi) is 20.0. The maximum Gasteiger partial charge on any atom is 0.408 e. The van der Waals surface area contributed by atoms with Crippen LogP contribution in [0.5, 0.6) is 0 Å². The molecule has 0 saturated heterocycles. The Morgan fingerprint density at radius 3 is 1.28 bits per heavy atom. The number of rotatable bonds is 13. The number of hydrogen-bond acceptors (Lipinski definition) is 11. The van der Waals surface area contributed by atoms with Crippen molar-refractivity contribution < 1.29 is 47.8 Å². The van der Waals surface area contributed by atoms with Crippen molar-refractivity contribution in [2.75, 3.05) is 0 Å². The molecule has 0 heterocycles. The first-order valence-electron chi connectivity index (χ1n) is 19.1. The largest absolute Gasteiger partial charge is 0.445 e. The summed E-state index contributed by atoms with van der Waals surface area (Å²) in [6.07, 6.45) is -1.77. The molecule has 0 bridgehead atoms. The maximum absolute atomic E-state index is 12.8. The highest BCUT2D eigenvalue weighted by atomic mass is 16.6. The predicted octanol–water partition coefficient (Wildman–Crippen LogP) is 3.20. The van der Waals surface area contributed by atoms with Crippen LogP contribution in [0.3, 0.4) is 0 Å². The molecule has 3 aromatic carbocycles. The Hall–Kier alpha value is -6.69. The van der Waals surface area contributed by atoms with Crippen molar-refractivity contribution in [2.24, 2.45) is 5.73 Å². The molecule has 18 heteroatoms. The van der Waals surface area contributed by atoms with E-state index >= 15 is 0 Å².